The molecule has 0 saturated carbocycles. The first-order chi connectivity index (χ1) is 13.9. The van der Waals surface area contributed by atoms with Crippen LogP contribution in [0.15, 0.2) is 41.5 Å². The van der Waals surface area contributed by atoms with Crippen molar-refractivity contribution in [3.05, 3.63) is 47.0 Å². The molecular formula is C20H22ClN3O5. The van der Waals surface area contributed by atoms with Gasteiger partial charge in [-0.2, -0.15) is 5.10 Å². The summed E-state index contributed by atoms with van der Waals surface area (Å²) < 4.78 is 15.5. The highest BCUT2D eigenvalue weighted by Gasteiger charge is 2.12. The van der Waals surface area contributed by atoms with Crippen LogP contribution in [0.2, 0.25) is 5.02 Å². The highest BCUT2D eigenvalue weighted by atomic mass is 35.5. The van der Waals surface area contributed by atoms with Crippen LogP contribution >= 0.6 is 11.6 Å². The fourth-order valence-electron chi connectivity index (χ4n) is 2.43. The molecule has 0 aliphatic heterocycles. The predicted molar refractivity (Wildman–Crippen MR) is 111 cm³/mol. The van der Waals surface area contributed by atoms with E-state index in [0.717, 1.165) is 0 Å². The third kappa shape index (κ3) is 6.11. The molecule has 0 fully saturated rings. The molecule has 0 heterocycles. The maximum Gasteiger partial charge on any atom is 0.271 e. The average Bonchev–Trinajstić information content (AvgIpc) is 2.71. The van der Waals surface area contributed by atoms with E-state index in [1.807, 2.05) is 0 Å². The molecule has 2 aromatic rings. The zero-order valence-corrected chi connectivity index (χ0v) is 17.3. The summed E-state index contributed by atoms with van der Waals surface area (Å²) in [5.41, 5.74) is 3.62. The van der Waals surface area contributed by atoms with E-state index >= 15 is 0 Å². The maximum atomic E-state index is 12.3. The number of nitrogens with zero attached hydrogens (tertiary/aromatic N) is 1. The number of rotatable bonds is 8. The van der Waals surface area contributed by atoms with E-state index in [0.29, 0.717) is 39.2 Å². The van der Waals surface area contributed by atoms with Crippen molar-refractivity contribution in [1.82, 2.24) is 5.43 Å². The predicted octanol–water partition coefficient (Wildman–Crippen LogP) is 3.50. The van der Waals surface area contributed by atoms with E-state index in [4.69, 9.17) is 25.8 Å². The van der Waals surface area contributed by atoms with E-state index in [2.05, 4.69) is 15.8 Å². The largest absolute Gasteiger partial charge is 0.495 e. The van der Waals surface area contributed by atoms with Gasteiger partial charge in [0.2, 0.25) is 5.91 Å². The van der Waals surface area contributed by atoms with Gasteiger partial charge in [-0.05, 0) is 43.3 Å². The summed E-state index contributed by atoms with van der Waals surface area (Å²) in [4.78, 5) is 24.5. The van der Waals surface area contributed by atoms with Crippen molar-refractivity contribution in [1.29, 1.82) is 0 Å². The van der Waals surface area contributed by atoms with Gasteiger partial charge in [0.25, 0.3) is 5.91 Å². The minimum atomic E-state index is -0.442. The Labute approximate surface area is 173 Å². The van der Waals surface area contributed by atoms with Crippen molar-refractivity contribution in [2.45, 2.75) is 13.3 Å². The zero-order chi connectivity index (χ0) is 21.4. The van der Waals surface area contributed by atoms with Gasteiger partial charge in [0.05, 0.1) is 33.4 Å². The lowest BCUT2D eigenvalue weighted by Crippen LogP contribution is -2.21. The van der Waals surface area contributed by atoms with Crippen LogP contribution in [-0.2, 0) is 4.79 Å². The Morgan fingerprint density at radius 2 is 1.62 bits per heavy atom. The summed E-state index contributed by atoms with van der Waals surface area (Å²) in [5, 5.41) is 7.14. The average molecular weight is 420 g/mol. The van der Waals surface area contributed by atoms with Gasteiger partial charge < -0.3 is 19.5 Å². The van der Waals surface area contributed by atoms with Crippen LogP contribution in [0.3, 0.4) is 0 Å². The minimum absolute atomic E-state index is 0.0259. The highest BCUT2D eigenvalue weighted by molar-refractivity contribution is 6.31. The first kappa shape index (κ1) is 22.0. The number of ether oxygens (including phenoxy) is 3. The van der Waals surface area contributed by atoms with Gasteiger partial charge >= 0.3 is 0 Å². The molecule has 0 saturated heterocycles. The third-order valence-electron chi connectivity index (χ3n) is 3.85. The van der Waals surface area contributed by atoms with Crippen LogP contribution in [0, 0.1) is 0 Å². The number of hydrazone groups is 1. The Morgan fingerprint density at radius 1 is 0.966 bits per heavy atom. The first-order valence-corrected chi connectivity index (χ1v) is 8.94. The van der Waals surface area contributed by atoms with Crippen molar-refractivity contribution in [2.75, 3.05) is 26.6 Å². The summed E-state index contributed by atoms with van der Waals surface area (Å²) in [7, 11) is 4.49. The van der Waals surface area contributed by atoms with Crippen LogP contribution in [0.25, 0.3) is 0 Å². The molecule has 0 radical (unpaired) electrons. The summed E-state index contributed by atoms with van der Waals surface area (Å²) >= 11 is 5.95. The topological polar surface area (TPSA) is 98.2 Å². The molecule has 154 valence electrons. The van der Waals surface area contributed by atoms with Crippen molar-refractivity contribution in [2.24, 2.45) is 5.10 Å². The lowest BCUT2D eigenvalue weighted by atomic mass is 10.2. The van der Waals surface area contributed by atoms with E-state index in [-0.39, 0.29) is 12.3 Å². The molecule has 0 unspecified atom stereocenters. The lowest BCUT2D eigenvalue weighted by molar-refractivity contribution is -0.115. The molecule has 29 heavy (non-hydrogen) atoms. The second-order valence-corrected chi connectivity index (χ2v) is 6.36. The lowest BCUT2D eigenvalue weighted by Gasteiger charge is -2.11. The van der Waals surface area contributed by atoms with Gasteiger partial charge in [0, 0.05) is 16.3 Å². The van der Waals surface area contributed by atoms with Gasteiger partial charge in [0.1, 0.15) is 5.75 Å². The highest BCUT2D eigenvalue weighted by Crippen LogP contribution is 2.28. The van der Waals surface area contributed by atoms with Gasteiger partial charge in [-0.15, -0.1) is 0 Å². The molecule has 2 N–H and O–H groups in total. The van der Waals surface area contributed by atoms with Crippen molar-refractivity contribution in [3.8, 4) is 17.2 Å². The van der Waals surface area contributed by atoms with Gasteiger partial charge in [-0.1, -0.05) is 11.6 Å². The number of benzene rings is 2. The number of amides is 2. The Bertz CT molecular complexity index is 930. The number of carbonyl (C=O) groups is 2. The standard InChI is InChI=1S/C20H22ClN3O5/c1-12(9-19(25)22-15-11-14(21)6-8-16(15)27-2)23-24-20(26)13-5-7-17(28-3)18(10-13)29-4/h5-8,10-11H,9H2,1-4H3,(H,22,25)(H,24,26)/b23-12-. The van der Waals surface area contributed by atoms with Crippen LogP contribution in [0.1, 0.15) is 23.7 Å². The number of nitrogens with one attached hydrogen (secondary N) is 2. The zero-order valence-electron chi connectivity index (χ0n) is 16.5. The van der Waals surface area contributed by atoms with Crippen molar-refractivity contribution in [3.63, 3.8) is 0 Å². The summed E-state index contributed by atoms with van der Waals surface area (Å²) in [6, 6.07) is 9.64. The molecule has 2 rings (SSSR count). The second-order valence-electron chi connectivity index (χ2n) is 5.93. The molecule has 0 aromatic heterocycles. The molecule has 2 aromatic carbocycles. The van der Waals surface area contributed by atoms with E-state index < -0.39 is 5.91 Å². The number of carbonyl (C=O) groups excluding carboxylic acids is 2. The van der Waals surface area contributed by atoms with E-state index in [1.54, 1.807) is 37.3 Å². The van der Waals surface area contributed by atoms with E-state index in [9.17, 15) is 9.59 Å². The second kappa shape index (κ2) is 10.3. The summed E-state index contributed by atoms with van der Waals surface area (Å²) in [6.45, 7) is 1.63. The van der Waals surface area contributed by atoms with Gasteiger partial charge in [0.15, 0.2) is 11.5 Å². The molecule has 9 heteroatoms. The first-order valence-electron chi connectivity index (χ1n) is 8.56. The van der Waals surface area contributed by atoms with Crippen molar-refractivity contribution >= 4 is 34.8 Å². The summed E-state index contributed by atoms with van der Waals surface area (Å²) in [5.74, 6) is 0.654. The van der Waals surface area contributed by atoms with Gasteiger partial charge in [-0.25, -0.2) is 5.43 Å². The normalized spacial score (nSPS) is 10.9. The number of anilines is 1. The minimum Gasteiger partial charge on any atom is -0.495 e. The Morgan fingerprint density at radius 3 is 2.28 bits per heavy atom. The van der Waals surface area contributed by atoms with Crippen LogP contribution in [-0.4, -0.2) is 38.9 Å². The number of hydrogen-bond donors (Lipinski definition) is 2. The van der Waals surface area contributed by atoms with Crippen molar-refractivity contribution < 1.29 is 23.8 Å². The smallest absolute Gasteiger partial charge is 0.271 e. The summed E-state index contributed by atoms with van der Waals surface area (Å²) in [6.07, 6.45) is -0.0259. The molecule has 0 aliphatic rings. The SMILES string of the molecule is COc1ccc(Cl)cc1NC(=O)C/C(C)=N\NC(=O)c1ccc(OC)c(OC)c1. The Kier molecular flexibility index (Phi) is 7.85. The monoisotopic (exact) mass is 419 g/mol. The molecular weight excluding hydrogens is 398 g/mol. The van der Waals surface area contributed by atoms with Gasteiger partial charge in [-0.3, -0.25) is 9.59 Å². The molecule has 8 nitrogen and oxygen atoms in total. The quantitative estimate of drug-likeness (QED) is 0.504. The number of hydrogen-bond acceptors (Lipinski definition) is 6. The Hall–Kier alpha value is -3.26. The molecule has 0 atom stereocenters. The van der Waals surface area contributed by atoms with Crippen LogP contribution < -0.4 is 25.0 Å². The molecule has 2 amide bonds. The fraction of sp³-hybridized carbons (Fsp3) is 0.250. The van der Waals surface area contributed by atoms with Crippen LogP contribution in [0.5, 0.6) is 17.2 Å². The molecule has 0 aliphatic carbocycles. The molecule has 0 bridgehead atoms. The van der Waals surface area contributed by atoms with Crippen LogP contribution in [0.4, 0.5) is 5.69 Å². The number of methoxy groups -OCH3 is 3. The maximum absolute atomic E-state index is 12.3. The Balaban J connectivity index is 1.98. The fourth-order valence-corrected chi connectivity index (χ4v) is 2.60. The molecule has 0 spiro atoms. The van der Waals surface area contributed by atoms with E-state index in [1.165, 1.54) is 27.4 Å². The third-order valence-corrected chi connectivity index (χ3v) is 4.08. The number of halogens is 1.